The summed E-state index contributed by atoms with van der Waals surface area (Å²) >= 11 is 0. The molecule has 3 N–H and O–H groups in total. The highest BCUT2D eigenvalue weighted by atomic mass is 16.5. The Morgan fingerprint density at radius 2 is 1.63 bits per heavy atom. The third-order valence-electron chi connectivity index (χ3n) is 5.97. The van der Waals surface area contributed by atoms with E-state index in [1.54, 1.807) is 42.5 Å². The molecule has 10 nitrogen and oxygen atoms in total. The van der Waals surface area contributed by atoms with Crippen LogP contribution < -0.4 is 30.3 Å². The molecule has 0 aliphatic heterocycles. The summed E-state index contributed by atoms with van der Waals surface area (Å²) in [6.45, 7) is 8.61. The Morgan fingerprint density at radius 3 is 2.37 bits per heavy atom. The van der Waals surface area contributed by atoms with Crippen molar-refractivity contribution in [1.29, 1.82) is 0 Å². The first-order chi connectivity index (χ1) is 19.8. The Labute approximate surface area is 240 Å². The lowest BCUT2D eigenvalue weighted by atomic mass is 10.1. The van der Waals surface area contributed by atoms with Crippen molar-refractivity contribution in [3.63, 3.8) is 0 Å². The predicted molar refractivity (Wildman–Crippen MR) is 159 cm³/mol. The topological polar surface area (TPSA) is 127 Å². The van der Waals surface area contributed by atoms with Crippen molar-refractivity contribution in [2.75, 3.05) is 30.5 Å². The fourth-order valence-electron chi connectivity index (χ4n) is 3.58. The first kappa shape index (κ1) is 30.7. The molecule has 0 radical (unpaired) electrons. The van der Waals surface area contributed by atoms with E-state index in [9.17, 15) is 14.4 Å². The zero-order valence-corrected chi connectivity index (χ0v) is 23.8. The molecule has 0 bridgehead atoms. The van der Waals surface area contributed by atoms with Crippen LogP contribution in [-0.2, 0) is 14.4 Å². The van der Waals surface area contributed by atoms with Gasteiger partial charge >= 0.3 is 11.8 Å². The molecule has 0 saturated carbocycles. The maximum atomic E-state index is 12.4. The number of nitrogens with zero attached hydrogens (tertiary/aromatic N) is 1. The van der Waals surface area contributed by atoms with E-state index in [1.807, 2.05) is 39.0 Å². The van der Waals surface area contributed by atoms with Gasteiger partial charge in [0.25, 0.3) is 5.91 Å². The Bertz CT molecular complexity index is 1370. The Kier molecular flexibility index (Phi) is 11.7. The second kappa shape index (κ2) is 15.7. The van der Waals surface area contributed by atoms with Crippen molar-refractivity contribution >= 4 is 35.3 Å². The minimum absolute atomic E-state index is 0.208. The van der Waals surface area contributed by atoms with Gasteiger partial charge in [-0.1, -0.05) is 25.5 Å². The van der Waals surface area contributed by atoms with Gasteiger partial charge in [-0.05, 0) is 92.4 Å². The van der Waals surface area contributed by atoms with Crippen LogP contribution in [0.5, 0.6) is 17.2 Å². The molecular formula is C31H36N4O6. The molecule has 0 aromatic heterocycles. The summed E-state index contributed by atoms with van der Waals surface area (Å²) in [6, 6.07) is 17.4. The van der Waals surface area contributed by atoms with Crippen molar-refractivity contribution in [2.45, 2.75) is 40.5 Å². The lowest BCUT2D eigenvalue weighted by Crippen LogP contribution is -2.32. The molecule has 3 amide bonds. The molecule has 0 heterocycles. The Morgan fingerprint density at radius 1 is 0.854 bits per heavy atom. The number of unbranched alkanes of at least 4 members (excludes halogenated alkanes) is 1. The Balaban J connectivity index is 1.52. The summed E-state index contributed by atoms with van der Waals surface area (Å²) in [7, 11) is 0. The number of hydrogen-bond acceptors (Lipinski definition) is 7. The highest BCUT2D eigenvalue weighted by Crippen LogP contribution is 2.28. The van der Waals surface area contributed by atoms with E-state index in [1.165, 1.54) is 6.21 Å². The van der Waals surface area contributed by atoms with Crippen molar-refractivity contribution in [3.05, 3.63) is 77.4 Å². The molecule has 3 aromatic rings. The maximum absolute atomic E-state index is 12.4. The monoisotopic (exact) mass is 560 g/mol. The summed E-state index contributed by atoms with van der Waals surface area (Å²) in [6.07, 6.45) is 3.36. The Hall–Kier alpha value is -4.86. The van der Waals surface area contributed by atoms with Gasteiger partial charge in [-0.2, -0.15) is 5.10 Å². The minimum atomic E-state index is -0.927. The molecule has 0 unspecified atom stereocenters. The van der Waals surface area contributed by atoms with E-state index in [-0.39, 0.29) is 12.5 Å². The molecule has 41 heavy (non-hydrogen) atoms. The minimum Gasteiger partial charge on any atom is -0.494 e. The number of anilines is 2. The van der Waals surface area contributed by atoms with Crippen LogP contribution in [0.4, 0.5) is 11.4 Å². The fraction of sp³-hybridized carbons (Fsp3) is 0.290. The molecule has 10 heteroatoms. The molecule has 0 saturated heterocycles. The molecule has 0 spiro atoms. The largest absolute Gasteiger partial charge is 0.494 e. The van der Waals surface area contributed by atoms with E-state index < -0.39 is 11.8 Å². The molecule has 3 rings (SSSR count). The molecule has 3 aromatic carbocycles. The van der Waals surface area contributed by atoms with Gasteiger partial charge in [0, 0.05) is 11.4 Å². The summed E-state index contributed by atoms with van der Waals surface area (Å²) in [5.74, 6) is -0.616. The summed E-state index contributed by atoms with van der Waals surface area (Å²) in [4.78, 5) is 36.8. The first-order valence-electron chi connectivity index (χ1n) is 13.4. The average molecular weight is 561 g/mol. The number of rotatable bonds is 13. The number of ether oxygens (including phenoxy) is 3. The average Bonchev–Trinajstić information content (AvgIpc) is 2.96. The fourth-order valence-corrected chi connectivity index (χ4v) is 3.58. The zero-order chi connectivity index (χ0) is 29.6. The van der Waals surface area contributed by atoms with Crippen LogP contribution in [0.2, 0.25) is 0 Å². The lowest BCUT2D eigenvalue weighted by Gasteiger charge is -2.14. The van der Waals surface area contributed by atoms with Gasteiger partial charge in [-0.25, -0.2) is 5.43 Å². The zero-order valence-electron chi connectivity index (χ0n) is 23.8. The van der Waals surface area contributed by atoms with Crippen LogP contribution in [0.25, 0.3) is 0 Å². The van der Waals surface area contributed by atoms with Crippen LogP contribution in [-0.4, -0.2) is 43.8 Å². The van der Waals surface area contributed by atoms with Crippen LogP contribution in [0.1, 0.15) is 43.4 Å². The van der Waals surface area contributed by atoms with Crippen LogP contribution in [0.15, 0.2) is 65.8 Å². The number of benzene rings is 3. The number of nitrogens with one attached hydrogen (secondary N) is 3. The normalized spacial score (nSPS) is 10.6. The van der Waals surface area contributed by atoms with E-state index in [4.69, 9.17) is 14.2 Å². The van der Waals surface area contributed by atoms with Crippen LogP contribution >= 0.6 is 0 Å². The quantitative estimate of drug-likeness (QED) is 0.117. The molecular weight excluding hydrogens is 524 g/mol. The van der Waals surface area contributed by atoms with E-state index in [0.29, 0.717) is 41.7 Å². The van der Waals surface area contributed by atoms with Crippen molar-refractivity contribution in [1.82, 2.24) is 5.43 Å². The van der Waals surface area contributed by atoms with Gasteiger partial charge in [0.1, 0.15) is 5.75 Å². The van der Waals surface area contributed by atoms with E-state index >= 15 is 0 Å². The summed E-state index contributed by atoms with van der Waals surface area (Å²) in [5, 5.41) is 9.23. The second-order valence-electron chi connectivity index (χ2n) is 9.10. The van der Waals surface area contributed by atoms with Gasteiger partial charge in [0.2, 0.25) is 0 Å². The predicted octanol–water partition coefficient (Wildman–Crippen LogP) is 4.99. The first-order valence-corrected chi connectivity index (χ1v) is 13.4. The summed E-state index contributed by atoms with van der Waals surface area (Å²) < 4.78 is 16.9. The number of carbonyl (C=O) groups excluding carboxylic acids is 3. The number of aryl methyl sites for hydroxylation is 1. The molecule has 0 atom stereocenters. The standard InChI is InChI=1S/C31H36N4O6/c1-5-7-17-40-25-14-12-24(13-15-25)33-30(37)31(38)35-32-19-23-11-16-27(28(18-23)39-6-2)41-20-29(36)34-26-10-8-9-21(3)22(26)4/h8-16,18-19H,5-7,17,20H2,1-4H3,(H,33,37)(H,34,36)(H,35,38)/b32-19-. The van der Waals surface area contributed by atoms with Crippen LogP contribution in [0, 0.1) is 13.8 Å². The van der Waals surface area contributed by atoms with Crippen molar-refractivity contribution in [2.24, 2.45) is 5.10 Å². The van der Waals surface area contributed by atoms with Gasteiger partial charge in [0.05, 0.1) is 19.4 Å². The van der Waals surface area contributed by atoms with Crippen LogP contribution in [0.3, 0.4) is 0 Å². The maximum Gasteiger partial charge on any atom is 0.329 e. The molecule has 216 valence electrons. The molecule has 0 fully saturated rings. The van der Waals surface area contributed by atoms with E-state index in [0.717, 1.165) is 29.7 Å². The lowest BCUT2D eigenvalue weighted by molar-refractivity contribution is -0.136. The third kappa shape index (κ3) is 9.68. The van der Waals surface area contributed by atoms with Gasteiger partial charge < -0.3 is 24.8 Å². The van der Waals surface area contributed by atoms with Crippen molar-refractivity contribution in [3.8, 4) is 17.2 Å². The number of hydrazone groups is 1. The molecule has 0 aliphatic rings. The number of amides is 3. The van der Waals surface area contributed by atoms with Gasteiger partial charge in [-0.3, -0.25) is 14.4 Å². The number of hydrogen-bond donors (Lipinski definition) is 3. The number of carbonyl (C=O) groups is 3. The van der Waals surface area contributed by atoms with E-state index in [2.05, 4.69) is 28.1 Å². The third-order valence-corrected chi connectivity index (χ3v) is 5.97. The second-order valence-corrected chi connectivity index (χ2v) is 9.10. The molecule has 0 aliphatic carbocycles. The highest BCUT2D eigenvalue weighted by molar-refractivity contribution is 6.39. The highest BCUT2D eigenvalue weighted by Gasteiger charge is 2.14. The van der Waals surface area contributed by atoms with Crippen molar-refractivity contribution < 1.29 is 28.6 Å². The van der Waals surface area contributed by atoms with Gasteiger partial charge in [-0.15, -0.1) is 0 Å². The van der Waals surface area contributed by atoms with Gasteiger partial charge in [0.15, 0.2) is 18.1 Å². The summed E-state index contributed by atoms with van der Waals surface area (Å²) in [5.41, 5.74) is 6.04. The smallest absolute Gasteiger partial charge is 0.329 e. The SMILES string of the molecule is CCCCOc1ccc(NC(=O)C(=O)N/N=C\c2ccc(OCC(=O)Nc3cccc(C)c3C)c(OCC)c2)cc1.